The van der Waals surface area contributed by atoms with Crippen LogP contribution in [0, 0.1) is 11.3 Å². The van der Waals surface area contributed by atoms with Crippen molar-refractivity contribution in [2.24, 2.45) is 0 Å². The maximum atomic E-state index is 12.9. The zero-order valence-electron chi connectivity index (χ0n) is 14.8. The van der Waals surface area contributed by atoms with Gasteiger partial charge in [0.2, 0.25) is 5.91 Å². The number of aliphatic hydroxyl groups is 1. The summed E-state index contributed by atoms with van der Waals surface area (Å²) in [6, 6.07) is 19.5. The lowest BCUT2D eigenvalue weighted by Crippen LogP contribution is -2.37. The summed E-state index contributed by atoms with van der Waals surface area (Å²) >= 11 is 0. The molecule has 1 aliphatic rings. The molecule has 2 aromatic carbocycles. The van der Waals surface area contributed by atoms with Crippen LogP contribution < -0.4 is 0 Å². The van der Waals surface area contributed by atoms with Crippen molar-refractivity contribution in [1.29, 1.82) is 5.26 Å². The van der Waals surface area contributed by atoms with Gasteiger partial charge in [-0.15, -0.1) is 0 Å². The Bertz CT molecular complexity index is 782. The Morgan fingerprint density at radius 2 is 1.85 bits per heavy atom. The number of nitrogens with zero attached hydrogens (tertiary/aromatic N) is 2. The average Bonchev–Trinajstić information content (AvgIpc) is 3.12. The molecule has 0 radical (unpaired) electrons. The lowest BCUT2D eigenvalue weighted by Gasteiger charge is -2.27. The molecule has 0 saturated carbocycles. The molecule has 0 spiro atoms. The van der Waals surface area contributed by atoms with E-state index in [4.69, 9.17) is 5.26 Å². The largest absolute Gasteiger partial charge is 0.388 e. The third kappa shape index (κ3) is 4.30. The maximum Gasteiger partial charge on any atom is 0.227 e. The zero-order chi connectivity index (χ0) is 18.4. The molecule has 0 bridgehead atoms. The van der Waals surface area contributed by atoms with E-state index in [9.17, 15) is 9.90 Å². The van der Waals surface area contributed by atoms with Crippen LogP contribution in [0.2, 0.25) is 0 Å². The van der Waals surface area contributed by atoms with Crippen molar-refractivity contribution in [3.63, 3.8) is 0 Å². The Hall–Kier alpha value is -2.64. The van der Waals surface area contributed by atoms with Crippen LogP contribution in [0.5, 0.6) is 0 Å². The van der Waals surface area contributed by atoms with Gasteiger partial charge < -0.3 is 10.0 Å². The van der Waals surface area contributed by atoms with Crippen molar-refractivity contribution < 1.29 is 9.90 Å². The Balaban J connectivity index is 1.66. The second-order valence-corrected chi connectivity index (χ2v) is 6.83. The Labute approximate surface area is 154 Å². The van der Waals surface area contributed by atoms with Gasteiger partial charge in [0.25, 0.3) is 0 Å². The summed E-state index contributed by atoms with van der Waals surface area (Å²) in [5, 5.41) is 19.5. The van der Waals surface area contributed by atoms with Gasteiger partial charge >= 0.3 is 0 Å². The summed E-state index contributed by atoms with van der Waals surface area (Å²) in [6.45, 7) is 0.741. The van der Waals surface area contributed by atoms with Crippen LogP contribution in [0.1, 0.15) is 42.1 Å². The lowest BCUT2D eigenvalue weighted by atomic mass is 9.99. The molecule has 1 amide bonds. The molecule has 2 atom stereocenters. The van der Waals surface area contributed by atoms with Gasteiger partial charge in [0.1, 0.15) is 0 Å². The van der Waals surface area contributed by atoms with E-state index < -0.39 is 6.10 Å². The Morgan fingerprint density at radius 1 is 1.15 bits per heavy atom. The van der Waals surface area contributed by atoms with Gasteiger partial charge in [0, 0.05) is 12.6 Å². The molecule has 1 N–H and O–H groups in total. The van der Waals surface area contributed by atoms with Crippen LogP contribution >= 0.6 is 0 Å². The number of benzene rings is 2. The number of likely N-dealkylation sites (tertiary alicyclic amines) is 1. The maximum absolute atomic E-state index is 12.9. The fourth-order valence-electron chi connectivity index (χ4n) is 3.73. The second-order valence-electron chi connectivity index (χ2n) is 6.83. The van der Waals surface area contributed by atoms with Crippen LogP contribution in [0.15, 0.2) is 54.6 Å². The minimum absolute atomic E-state index is 0.0702. The summed E-state index contributed by atoms with van der Waals surface area (Å²) in [4.78, 5) is 14.8. The van der Waals surface area contributed by atoms with Crippen LogP contribution in [0.4, 0.5) is 0 Å². The molecular weight excluding hydrogens is 324 g/mol. The lowest BCUT2D eigenvalue weighted by molar-refractivity contribution is -0.131. The first-order chi connectivity index (χ1) is 12.7. The number of carbonyl (C=O) groups excluding carboxylic acids is 1. The van der Waals surface area contributed by atoms with Crippen molar-refractivity contribution in [2.75, 3.05) is 6.54 Å². The van der Waals surface area contributed by atoms with E-state index in [1.807, 2.05) is 59.5 Å². The predicted molar refractivity (Wildman–Crippen MR) is 100 cm³/mol. The molecule has 2 aromatic rings. The van der Waals surface area contributed by atoms with Gasteiger partial charge in [-0.25, -0.2) is 0 Å². The van der Waals surface area contributed by atoms with Gasteiger partial charge in [-0.05, 0) is 36.0 Å². The normalized spacial score (nSPS) is 17.7. The highest BCUT2D eigenvalue weighted by Crippen LogP contribution is 2.28. The fraction of sp³-hybridized carbons (Fsp3) is 0.364. The number of rotatable bonds is 6. The van der Waals surface area contributed by atoms with Gasteiger partial charge in [-0.2, -0.15) is 5.26 Å². The number of hydrogen-bond acceptors (Lipinski definition) is 3. The highest BCUT2D eigenvalue weighted by molar-refractivity contribution is 5.79. The molecule has 1 heterocycles. The van der Waals surface area contributed by atoms with Gasteiger partial charge in [0.15, 0.2) is 0 Å². The topological polar surface area (TPSA) is 64.3 Å². The quantitative estimate of drug-likeness (QED) is 0.870. The van der Waals surface area contributed by atoms with E-state index in [2.05, 4.69) is 6.07 Å². The van der Waals surface area contributed by atoms with Crippen LogP contribution in [-0.2, 0) is 17.6 Å². The summed E-state index contributed by atoms with van der Waals surface area (Å²) < 4.78 is 0. The van der Waals surface area contributed by atoms with E-state index in [1.165, 1.54) is 0 Å². The first-order valence-electron chi connectivity index (χ1n) is 9.15. The van der Waals surface area contributed by atoms with Gasteiger partial charge in [0.05, 0.1) is 25.0 Å². The van der Waals surface area contributed by atoms with Crippen LogP contribution in [0.3, 0.4) is 0 Å². The molecule has 134 valence electrons. The monoisotopic (exact) mass is 348 g/mol. The van der Waals surface area contributed by atoms with E-state index in [-0.39, 0.29) is 11.9 Å². The van der Waals surface area contributed by atoms with Crippen molar-refractivity contribution in [1.82, 2.24) is 4.90 Å². The second kappa shape index (κ2) is 8.64. The summed E-state index contributed by atoms with van der Waals surface area (Å²) in [5.41, 5.74) is 2.74. The number of amides is 1. The molecule has 4 nitrogen and oxygen atoms in total. The smallest absolute Gasteiger partial charge is 0.227 e. The molecule has 3 rings (SSSR count). The number of aliphatic hydroxyl groups excluding tert-OH is 1. The highest BCUT2D eigenvalue weighted by Gasteiger charge is 2.30. The molecule has 1 fully saturated rings. The predicted octanol–water partition coefficient (Wildman–Crippen LogP) is 3.41. The molecule has 1 aliphatic heterocycles. The third-order valence-electron chi connectivity index (χ3n) is 5.11. The molecular formula is C22H24N2O2. The SMILES string of the molecule is N#CCc1ccccc1CC(=O)N1CCCC1CC(O)c1ccccc1. The molecule has 2 unspecified atom stereocenters. The van der Waals surface area contributed by atoms with E-state index in [0.717, 1.165) is 36.1 Å². The standard InChI is InChI=1S/C22H24N2O2/c23-13-12-17-7-4-5-10-19(17)15-22(26)24-14-6-11-20(24)16-21(25)18-8-2-1-3-9-18/h1-5,7-10,20-21,25H,6,11-12,14-16H2. The molecule has 0 aliphatic carbocycles. The molecule has 0 aromatic heterocycles. The molecule has 1 saturated heterocycles. The number of hydrogen-bond donors (Lipinski definition) is 1. The van der Waals surface area contributed by atoms with Gasteiger partial charge in [-0.3, -0.25) is 4.79 Å². The van der Waals surface area contributed by atoms with E-state index in [0.29, 0.717) is 19.3 Å². The number of carbonyl (C=O) groups is 1. The number of nitriles is 1. The average molecular weight is 348 g/mol. The molecule has 26 heavy (non-hydrogen) atoms. The minimum atomic E-state index is -0.555. The first-order valence-corrected chi connectivity index (χ1v) is 9.15. The Morgan fingerprint density at radius 3 is 2.58 bits per heavy atom. The van der Waals surface area contributed by atoms with Crippen molar-refractivity contribution >= 4 is 5.91 Å². The summed E-state index contributed by atoms with van der Waals surface area (Å²) in [5.74, 6) is 0.0816. The van der Waals surface area contributed by atoms with Gasteiger partial charge in [-0.1, -0.05) is 54.6 Å². The summed E-state index contributed by atoms with van der Waals surface area (Å²) in [7, 11) is 0. The van der Waals surface area contributed by atoms with E-state index >= 15 is 0 Å². The first kappa shape index (κ1) is 18.2. The van der Waals surface area contributed by atoms with Crippen molar-refractivity contribution in [3.05, 3.63) is 71.3 Å². The van der Waals surface area contributed by atoms with Crippen molar-refractivity contribution in [3.8, 4) is 6.07 Å². The highest BCUT2D eigenvalue weighted by atomic mass is 16.3. The zero-order valence-corrected chi connectivity index (χ0v) is 14.8. The van der Waals surface area contributed by atoms with Crippen LogP contribution in [-0.4, -0.2) is 28.5 Å². The summed E-state index contributed by atoms with van der Waals surface area (Å²) in [6.07, 6.45) is 2.54. The van der Waals surface area contributed by atoms with Crippen LogP contribution in [0.25, 0.3) is 0 Å². The van der Waals surface area contributed by atoms with E-state index in [1.54, 1.807) is 0 Å². The minimum Gasteiger partial charge on any atom is -0.388 e. The Kier molecular flexibility index (Phi) is 6.04. The molecule has 4 heteroatoms. The fourth-order valence-corrected chi connectivity index (χ4v) is 3.73. The third-order valence-corrected chi connectivity index (χ3v) is 5.11. The van der Waals surface area contributed by atoms with Crippen molar-refractivity contribution in [2.45, 2.75) is 44.2 Å².